The molecule has 22 nitrogen and oxygen atoms in total. The van der Waals surface area contributed by atoms with Gasteiger partial charge in [-0.25, -0.2) is 0 Å². The molecule has 11 saturated carbocycles. The van der Waals surface area contributed by atoms with Gasteiger partial charge in [-0.2, -0.15) is 0 Å². The van der Waals surface area contributed by atoms with Gasteiger partial charge in [0.15, 0.2) is 0 Å². The van der Waals surface area contributed by atoms with Crippen molar-refractivity contribution in [3.63, 3.8) is 0 Å². The Morgan fingerprint density at radius 2 is 0.718 bits per heavy atom. The zero-order chi connectivity index (χ0) is 93.0. The molecule has 0 amide bonds. The summed E-state index contributed by atoms with van der Waals surface area (Å²) in [5.74, 6) is 15.3. The topological polar surface area (TPSA) is 137 Å². The number of alkyl halides is 1. The second kappa shape index (κ2) is 56.8. The summed E-state index contributed by atoms with van der Waals surface area (Å²) >= 11 is 0.0270. The summed E-state index contributed by atoms with van der Waals surface area (Å²) in [6.45, 7) is 24.5. The molecule has 11 heterocycles. The molecule has 131 heavy (non-hydrogen) atoms. The number of likely N-dealkylation sites (N-methyl/N-ethyl adjacent to an activating group) is 3. The second-order valence-electron chi connectivity index (χ2n) is 46.3. The van der Waals surface area contributed by atoms with Gasteiger partial charge in [-0.15, -0.1) is 0 Å². The predicted molar refractivity (Wildman–Crippen MR) is 531 cm³/mol. The molecule has 22 fully saturated rings. The summed E-state index contributed by atoms with van der Waals surface area (Å²) in [6, 6.07) is 5.13. The Morgan fingerprint density at radius 1 is 0.237 bits per heavy atom. The van der Waals surface area contributed by atoms with E-state index >= 15 is 0 Å². The molecule has 22 aliphatic rings. The summed E-state index contributed by atoms with van der Waals surface area (Å²) in [6.07, 6.45) is 55.3. The fourth-order valence-corrected chi connectivity index (χ4v) is 32.6. The quantitative estimate of drug-likeness (QED) is 0.107. The molecule has 11 saturated heterocycles. The van der Waals surface area contributed by atoms with E-state index in [1.54, 1.807) is 14.2 Å². The zero-order valence-electron chi connectivity index (χ0n) is 88.0. The molecule has 0 radical (unpaired) electrons. The number of halogens is 1. The van der Waals surface area contributed by atoms with E-state index in [0.717, 1.165) is 174 Å². The number of hydrogen-bond donors (Lipinski definition) is 0. The van der Waals surface area contributed by atoms with Crippen LogP contribution < -0.4 is 21.6 Å². The van der Waals surface area contributed by atoms with Crippen molar-refractivity contribution in [3.8, 4) is 0 Å². The van der Waals surface area contributed by atoms with Crippen LogP contribution in [-0.2, 0) is 50.4 Å². The van der Waals surface area contributed by atoms with E-state index in [-0.39, 0.29) is 21.6 Å². The van der Waals surface area contributed by atoms with Crippen molar-refractivity contribution < 1.29 is 72.1 Å². The van der Waals surface area contributed by atoms with E-state index in [9.17, 15) is 0 Å². The molecule has 0 spiro atoms. The molecule has 23 heteroatoms. The van der Waals surface area contributed by atoms with Crippen LogP contribution in [0.3, 0.4) is 0 Å². The summed E-state index contributed by atoms with van der Waals surface area (Å²) in [5.41, 5.74) is 0. The van der Waals surface area contributed by atoms with Gasteiger partial charge in [0.25, 0.3) is 0 Å². The maximum absolute atomic E-state index is 5.53. The number of likely N-dealkylation sites (tertiary alicyclic amines) is 11. The van der Waals surface area contributed by atoms with E-state index in [1.807, 2.05) is 64.0 Å². The normalized spacial score (nSPS) is 41.8. The summed E-state index contributed by atoms with van der Waals surface area (Å²) in [4.78, 5) is 27.5. The van der Waals surface area contributed by atoms with Gasteiger partial charge in [0.1, 0.15) is 0 Å². The monoisotopic (exact) mass is 1960 g/mol. The predicted octanol–water partition coefficient (Wildman–Crippen LogP) is 12.1. The minimum absolute atomic E-state index is 0.0270. The number of piperidine rings is 8. The average molecular weight is 1960 g/mol. The van der Waals surface area contributed by atoms with Gasteiger partial charge < -0.3 is 91.5 Å². The van der Waals surface area contributed by atoms with Gasteiger partial charge in [-0.1, -0.05) is 12.8 Å². The van der Waals surface area contributed by atoms with Gasteiger partial charge in [-0.3, -0.25) is 4.90 Å². The third-order valence-corrected chi connectivity index (χ3v) is 40.9. The van der Waals surface area contributed by atoms with Crippen molar-refractivity contribution in [1.29, 1.82) is 0 Å². The van der Waals surface area contributed by atoms with Crippen molar-refractivity contribution in [2.45, 2.75) is 327 Å². The van der Waals surface area contributed by atoms with Gasteiger partial charge in [0, 0.05) is 173 Å². The molecular weight excluding hydrogens is 1750 g/mol. The summed E-state index contributed by atoms with van der Waals surface area (Å²) < 4.78 is 60.1. The van der Waals surface area contributed by atoms with E-state index in [1.165, 1.54) is 329 Å². The van der Waals surface area contributed by atoms with E-state index in [2.05, 4.69) is 117 Å². The van der Waals surface area contributed by atoms with Crippen molar-refractivity contribution in [3.05, 3.63) is 0 Å². The van der Waals surface area contributed by atoms with Crippen molar-refractivity contribution in [2.75, 3.05) is 273 Å². The molecule has 31 atom stereocenters. The Balaban J connectivity index is 0.000000130. The summed E-state index contributed by atoms with van der Waals surface area (Å²) in [7, 11) is 40.5. The van der Waals surface area contributed by atoms with Crippen LogP contribution in [0.4, 0.5) is 0 Å². The minimum atomic E-state index is 0.0270. The first-order valence-corrected chi connectivity index (χ1v) is 56.8. The molecule has 0 bridgehead atoms. The average Bonchev–Trinajstić information content (AvgIpc) is 1.62. The fraction of sp³-hybridized carbons (Fsp3) is 1.00. The fourth-order valence-electron chi connectivity index (χ4n) is 30.2. The summed E-state index contributed by atoms with van der Waals surface area (Å²) in [5, 5.41) is 0. The van der Waals surface area contributed by atoms with Crippen molar-refractivity contribution >= 4 is 0 Å². The number of ether oxygens (including phenoxy) is 10. The molecule has 9 unspecified atom stereocenters. The van der Waals surface area contributed by atoms with Crippen LogP contribution >= 0.6 is 0 Å². The standard InChI is InChI=1S/C10H19INO.8C10H19NO.2C9H17NO/c1-12-7-6-9(11-13-2)8-4-3-5-10(8)12;1-11-6-8-3-4-10(12-2)5-9(8)7-11;1-11-4-3-8-5-10(12-2)6-9(8)7-11;1-11-6-5-8-7-9(12-2)3-4-10(8)11;1-11-6-5-8-3-4-10(12-2)9(8)7-11;1-11-6-5-8-3-4-9(12-2)7-10(8)11;1-11-7-3-4-8-5-6-9(12-2)10(8)11;1-11-7-9(12-2)6-8-4-3-5-10(8)11;1-11-6-8-4-3-5-9(8)10(7-11)12-2;1-11-5-4-10-3-2-8-6-9(8)7-10;1-11-6-5-10-4-2-3-8-7-9(8)10/h8-10H,3-7H2,1-2H3;8*8-10H,3-7H2,1-2H3;2*8-9H,2-7H2,1H3/q-1;;;;;;;;;;/t8-,9?,10-;8-,9+,10?;8-,9-,10?;8-,9?,10+;8-,9+,10?;3*8-,9?,10-;8-,9-,10?;8-,9-;8-,9+/m10011001000/s1. The molecule has 0 aromatic rings. The van der Waals surface area contributed by atoms with Crippen LogP contribution in [0, 0.1) is 94.7 Å². The van der Waals surface area contributed by atoms with Gasteiger partial charge >= 0.3 is 91.9 Å². The number of methoxy groups -OCH3 is 10. The van der Waals surface area contributed by atoms with Crippen LogP contribution in [0.1, 0.15) is 238 Å². The zero-order valence-corrected chi connectivity index (χ0v) is 90.1. The molecule has 22 rings (SSSR count). The van der Waals surface area contributed by atoms with Crippen LogP contribution in [-0.4, -0.2) is 416 Å². The first-order chi connectivity index (χ1) is 63.6. The Labute approximate surface area is 814 Å². The first kappa shape index (κ1) is 110. The Bertz CT molecular complexity index is 3060. The number of rotatable bonds is 16. The van der Waals surface area contributed by atoms with Gasteiger partial charge in [-0.05, 0) is 384 Å². The number of fused-ring (bicyclic) bond motifs is 11. The van der Waals surface area contributed by atoms with Crippen LogP contribution in [0.15, 0.2) is 0 Å². The molecule has 0 aromatic heterocycles. The third-order valence-electron chi connectivity index (χ3n) is 38.2. The Morgan fingerprint density at radius 3 is 1.44 bits per heavy atom. The first-order valence-electron chi connectivity index (χ1n) is 54.7. The molecule has 11 aliphatic heterocycles. The number of hydrogen-bond acceptors (Lipinski definition) is 22. The van der Waals surface area contributed by atoms with Gasteiger partial charge in [0.2, 0.25) is 0 Å². The number of nitrogens with zero attached hydrogens (tertiary/aromatic N) is 11. The Hall–Kier alpha value is -0.150. The van der Waals surface area contributed by atoms with Crippen LogP contribution in [0.2, 0.25) is 0 Å². The SMILES string of the molecule is COC1CC[C@@H]2CCCN(C)[C@H]12.COC1CC[C@@H]2CCN(C)C[C@H]12.COC1CC[C@H]2CCN(C)[C@H]2C1.COC1CC[C@H]2CN(C)C[C@H]2C1.COC1CC[C@H]2[C@H](CCN2C)C1.COC1CN(C)C[C@@H]2CCC[C@H]12.COC1C[C@@H]2CCN(C)C[C@@H]2C1.COC1C[C@H]2CCC[C@H]2N(C)C1.COCCN1CCC[C@H]2C[C@H]21.COCCN1CC[C@H]2C[C@H]2C1.CO[I-]C1CCN(C)[C@@H]2CCC[C@H]12. The van der Waals surface area contributed by atoms with E-state index in [4.69, 9.17) is 50.4 Å². The van der Waals surface area contributed by atoms with Crippen LogP contribution in [0.25, 0.3) is 0 Å². The van der Waals surface area contributed by atoms with E-state index in [0.29, 0.717) is 48.8 Å². The molecular formula is C108H205IN11O11-. The molecule has 11 aliphatic carbocycles. The van der Waals surface area contributed by atoms with Crippen molar-refractivity contribution in [2.24, 2.45) is 94.7 Å². The second-order valence-corrected chi connectivity index (χ2v) is 49.3. The molecule has 766 valence electrons. The molecule has 0 N–H and O–H groups in total. The van der Waals surface area contributed by atoms with E-state index < -0.39 is 0 Å². The van der Waals surface area contributed by atoms with Gasteiger partial charge in [0.05, 0.1) is 62.0 Å². The Kier molecular flexibility index (Phi) is 47.5. The third kappa shape index (κ3) is 32.4. The molecule has 0 aromatic carbocycles. The van der Waals surface area contributed by atoms with Crippen molar-refractivity contribution in [1.82, 2.24) is 53.9 Å². The van der Waals surface area contributed by atoms with Crippen LogP contribution in [0.5, 0.6) is 0 Å². The maximum atomic E-state index is 5.53.